The van der Waals surface area contributed by atoms with Crippen LogP contribution in [0.5, 0.6) is 0 Å². The highest BCUT2D eigenvalue weighted by Crippen LogP contribution is 2.35. The van der Waals surface area contributed by atoms with Crippen LogP contribution >= 0.6 is 22.9 Å². The summed E-state index contributed by atoms with van der Waals surface area (Å²) in [6.07, 6.45) is -4.70. The fourth-order valence-electron chi connectivity index (χ4n) is 1.97. The molecule has 3 aromatic rings. The number of esters is 1. The van der Waals surface area contributed by atoms with E-state index in [0.717, 1.165) is 13.2 Å². The van der Waals surface area contributed by atoms with E-state index in [1.165, 1.54) is 11.3 Å². The molecule has 3 heterocycles. The topological polar surface area (TPSA) is 56.5 Å². The van der Waals surface area contributed by atoms with E-state index in [1.807, 2.05) is 0 Å². The lowest BCUT2D eigenvalue weighted by molar-refractivity contribution is -0.142. The van der Waals surface area contributed by atoms with Gasteiger partial charge in [-0.15, -0.1) is 11.3 Å². The number of hydrogen-bond donors (Lipinski definition) is 0. The number of ether oxygens (including phenoxy) is 1. The van der Waals surface area contributed by atoms with Crippen LogP contribution in [0.3, 0.4) is 0 Å². The Bertz CT molecular complexity index is 890. The third-order valence-electron chi connectivity index (χ3n) is 2.98. The summed E-state index contributed by atoms with van der Waals surface area (Å²) in [4.78, 5) is 16.2. The predicted molar refractivity (Wildman–Crippen MR) is 77.7 cm³/mol. The molecule has 0 saturated heterocycles. The van der Waals surface area contributed by atoms with Crippen LogP contribution in [0.4, 0.5) is 13.2 Å². The largest absolute Gasteiger partial charge is 0.464 e. The highest BCUT2D eigenvalue weighted by atomic mass is 35.5. The van der Waals surface area contributed by atoms with Crippen molar-refractivity contribution in [2.24, 2.45) is 0 Å². The van der Waals surface area contributed by atoms with Crippen molar-refractivity contribution in [3.8, 4) is 10.6 Å². The quantitative estimate of drug-likeness (QED) is 0.649. The summed E-state index contributed by atoms with van der Waals surface area (Å²) in [6.45, 7) is 0. The van der Waals surface area contributed by atoms with Gasteiger partial charge in [0, 0.05) is 0 Å². The average molecular weight is 362 g/mol. The number of carbonyl (C=O) groups excluding carboxylic acids is 1. The Labute approximate surface area is 136 Å². The first-order valence-electron chi connectivity index (χ1n) is 6.11. The maximum absolute atomic E-state index is 13.3. The van der Waals surface area contributed by atoms with E-state index in [2.05, 4.69) is 14.8 Å². The number of rotatable bonds is 2. The van der Waals surface area contributed by atoms with Crippen molar-refractivity contribution in [1.29, 1.82) is 0 Å². The summed E-state index contributed by atoms with van der Waals surface area (Å²) >= 11 is 7.21. The van der Waals surface area contributed by atoms with E-state index in [-0.39, 0.29) is 16.4 Å². The molecular weight excluding hydrogens is 355 g/mol. The summed E-state index contributed by atoms with van der Waals surface area (Å²) in [7, 11) is 1.08. The molecule has 0 radical (unpaired) electrons. The zero-order valence-corrected chi connectivity index (χ0v) is 13.0. The fourth-order valence-corrected chi connectivity index (χ4v) is 2.89. The molecule has 120 valence electrons. The van der Waals surface area contributed by atoms with Crippen LogP contribution < -0.4 is 0 Å². The summed E-state index contributed by atoms with van der Waals surface area (Å²) in [5, 5.41) is 5.03. The second kappa shape index (κ2) is 5.50. The number of alkyl halides is 3. The van der Waals surface area contributed by atoms with E-state index in [1.54, 1.807) is 17.5 Å². The highest BCUT2D eigenvalue weighted by molar-refractivity contribution is 7.13. The predicted octanol–water partition coefficient (Wildman–Crippen LogP) is 3.92. The zero-order valence-electron chi connectivity index (χ0n) is 11.4. The molecule has 5 nitrogen and oxygen atoms in total. The molecule has 0 amide bonds. The molecule has 0 atom stereocenters. The Morgan fingerprint density at radius 1 is 1.43 bits per heavy atom. The van der Waals surface area contributed by atoms with Crippen LogP contribution in [0.2, 0.25) is 5.02 Å². The van der Waals surface area contributed by atoms with Crippen molar-refractivity contribution in [2.45, 2.75) is 6.18 Å². The van der Waals surface area contributed by atoms with Crippen molar-refractivity contribution in [3.63, 3.8) is 0 Å². The Kier molecular flexibility index (Phi) is 3.77. The number of halogens is 4. The second-order valence-corrected chi connectivity index (χ2v) is 5.72. The molecule has 0 bridgehead atoms. The lowest BCUT2D eigenvalue weighted by Crippen LogP contribution is -2.14. The molecule has 0 saturated carbocycles. The van der Waals surface area contributed by atoms with Crippen molar-refractivity contribution in [3.05, 3.63) is 40.0 Å². The molecule has 0 aliphatic heterocycles. The van der Waals surface area contributed by atoms with Gasteiger partial charge in [-0.3, -0.25) is 0 Å². The molecule has 23 heavy (non-hydrogen) atoms. The number of methoxy groups -OCH3 is 1. The molecule has 0 aromatic carbocycles. The molecule has 0 N–H and O–H groups in total. The summed E-state index contributed by atoms with van der Waals surface area (Å²) in [5.41, 5.74) is -1.67. The number of thiophene rings is 1. The van der Waals surface area contributed by atoms with Crippen molar-refractivity contribution >= 4 is 34.6 Å². The zero-order chi connectivity index (χ0) is 16.8. The molecule has 10 heteroatoms. The minimum Gasteiger partial charge on any atom is -0.464 e. The van der Waals surface area contributed by atoms with E-state index >= 15 is 0 Å². The van der Waals surface area contributed by atoms with E-state index in [9.17, 15) is 18.0 Å². The number of fused-ring (bicyclic) bond motifs is 1. The molecule has 0 aliphatic carbocycles. The minimum absolute atomic E-state index is 0.0954. The van der Waals surface area contributed by atoms with Gasteiger partial charge in [0.1, 0.15) is 5.02 Å². The second-order valence-electron chi connectivity index (χ2n) is 4.39. The molecule has 0 fully saturated rings. The van der Waals surface area contributed by atoms with Crippen LogP contribution in [0.1, 0.15) is 16.2 Å². The lowest BCUT2D eigenvalue weighted by Gasteiger charge is -2.10. The fraction of sp³-hybridized carbons (Fsp3) is 0.154. The number of aromatic nitrogens is 3. The Balaban J connectivity index is 2.35. The molecule has 0 aliphatic rings. The number of carbonyl (C=O) groups is 1. The number of nitrogens with zero attached hydrogens (tertiary/aromatic N) is 3. The van der Waals surface area contributed by atoms with Crippen molar-refractivity contribution in [2.75, 3.05) is 7.11 Å². The van der Waals surface area contributed by atoms with Gasteiger partial charge in [0.05, 0.1) is 17.7 Å². The van der Waals surface area contributed by atoms with Gasteiger partial charge in [0.2, 0.25) is 0 Å². The van der Waals surface area contributed by atoms with Crippen LogP contribution in [0, 0.1) is 0 Å². The minimum atomic E-state index is -4.70. The van der Waals surface area contributed by atoms with Crippen LogP contribution in [-0.4, -0.2) is 27.7 Å². The molecule has 3 aromatic heterocycles. The van der Waals surface area contributed by atoms with Crippen molar-refractivity contribution < 1.29 is 22.7 Å². The number of hydrogen-bond acceptors (Lipinski definition) is 5. The Hall–Kier alpha value is -2.13. The van der Waals surface area contributed by atoms with Gasteiger partial charge in [-0.25, -0.2) is 14.3 Å². The van der Waals surface area contributed by atoms with E-state index in [0.29, 0.717) is 9.39 Å². The van der Waals surface area contributed by atoms with Gasteiger partial charge in [0.15, 0.2) is 17.0 Å². The Morgan fingerprint density at radius 3 is 2.74 bits per heavy atom. The Morgan fingerprint density at radius 2 is 2.17 bits per heavy atom. The van der Waals surface area contributed by atoms with E-state index in [4.69, 9.17) is 11.6 Å². The van der Waals surface area contributed by atoms with Crippen LogP contribution in [0.25, 0.3) is 16.2 Å². The summed E-state index contributed by atoms with van der Waals surface area (Å²) in [5.74, 6) is -0.939. The van der Waals surface area contributed by atoms with Gasteiger partial charge in [-0.2, -0.15) is 18.3 Å². The summed E-state index contributed by atoms with van der Waals surface area (Å²) < 4.78 is 44.9. The van der Waals surface area contributed by atoms with E-state index < -0.39 is 23.5 Å². The molecule has 3 rings (SSSR count). The smallest absolute Gasteiger partial charge is 0.433 e. The monoisotopic (exact) mass is 361 g/mol. The molecule has 0 unspecified atom stereocenters. The maximum atomic E-state index is 13.3. The third kappa shape index (κ3) is 2.66. The van der Waals surface area contributed by atoms with Gasteiger partial charge in [0.25, 0.3) is 0 Å². The standard InChI is InChI=1S/C13H7ClF3N3O2S/c1-22-12(21)10-9(14)11-18-6(7-3-2-4-23-7)5-8(13(15,16)17)20(11)19-10/h2-5H,1H3. The first-order chi connectivity index (χ1) is 10.8. The van der Waals surface area contributed by atoms with Crippen LogP contribution in [-0.2, 0) is 10.9 Å². The molecule has 0 spiro atoms. The van der Waals surface area contributed by atoms with Gasteiger partial charge < -0.3 is 4.74 Å². The average Bonchev–Trinajstić information content (AvgIpc) is 3.13. The summed E-state index contributed by atoms with van der Waals surface area (Å²) in [6, 6.07) is 4.19. The highest BCUT2D eigenvalue weighted by Gasteiger charge is 2.36. The SMILES string of the molecule is COC(=O)c1nn2c(C(F)(F)F)cc(-c3cccs3)nc2c1Cl. The third-order valence-corrected chi connectivity index (χ3v) is 4.22. The molecular formula is C13H7ClF3N3O2S. The van der Waals surface area contributed by atoms with Gasteiger partial charge in [-0.05, 0) is 17.5 Å². The first-order valence-corrected chi connectivity index (χ1v) is 7.37. The first kappa shape index (κ1) is 15.8. The van der Waals surface area contributed by atoms with Gasteiger partial charge >= 0.3 is 12.1 Å². The lowest BCUT2D eigenvalue weighted by atomic mass is 10.2. The maximum Gasteiger partial charge on any atom is 0.433 e. The van der Waals surface area contributed by atoms with Gasteiger partial charge in [-0.1, -0.05) is 17.7 Å². The van der Waals surface area contributed by atoms with Crippen LogP contribution in [0.15, 0.2) is 23.6 Å². The van der Waals surface area contributed by atoms with Crippen molar-refractivity contribution in [1.82, 2.24) is 14.6 Å². The normalized spacial score (nSPS) is 11.9.